The van der Waals surface area contributed by atoms with E-state index in [1.807, 2.05) is 4.90 Å². The predicted molar refractivity (Wildman–Crippen MR) is 226 cm³/mol. The fraction of sp³-hybridized carbons (Fsp3) is 0.707. The minimum Gasteiger partial charge on any atom is -0.470 e. The number of carbonyl (C=O) groups is 10. The first-order valence-electron chi connectivity index (χ1n) is 21.0. The molecule has 0 saturated carbocycles. The van der Waals surface area contributed by atoms with Gasteiger partial charge in [0.05, 0.1) is 31.5 Å². The third-order valence-corrected chi connectivity index (χ3v) is 9.52. The van der Waals surface area contributed by atoms with E-state index >= 15 is 0 Å². The number of carbonyl (C=O) groups excluding carboxylic acids is 10. The summed E-state index contributed by atoms with van der Waals surface area (Å²) in [5, 5.41) is 0. The molecular weight excluding hydrogens is 917 g/mol. The van der Waals surface area contributed by atoms with Gasteiger partial charge in [-0.2, -0.15) is 4.37 Å². The Bertz CT molecular complexity index is 1930. The molecule has 0 bridgehead atoms. The first-order chi connectivity index (χ1) is 31.1. The number of aromatic nitrogens is 2. The zero-order chi connectivity index (χ0) is 50.9. The van der Waals surface area contributed by atoms with Crippen molar-refractivity contribution in [1.82, 2.24) is 13.6 Å². The first-order valence-corrected chi connectivity index (χ1v) is 21.7. The Hall–Kier alpha value is -6.18. The summed E-state index contributed by atoms with van der Waals surface area (Å²) in [6.45, 7) is 17.6. The number of amides is 1. The summed E-state index contributed by atoms with van der Waals surface area (Å²) in [6.07, 6.45) is -13.4. The topological polar surface area (TPSA) is 304 Å². The molecule has 1 aromatic rings. The molecule has 0 unspecified atom stereocenters. The second-order valence-corrected chi connectivity index (χ2v) is 16.5. The molecule has 25 nitrogen and oxygen atoms in total. The highest BCUT2D eigenvalue weighted by Gasteiger charge is 2.38. The molecule has 0 N–H and O–H groups in total. The van der Waals surface area contributed by atoms with Gasteiger partial charge in [0, 0.05) is 32.5 Å². The van der Waals surface area contributed by atoms with Gasteiger partial charge in [0.15, 0.2) is 54.9 Å². The third-order valence-electron chi connectivity index (χ3n) is 9.02. The summed E-state index contributed by atoms with van der Waals surface area (Å²) in [7, 11) is 0. The van der Waals surface area contributed by atoms with Gasteiger partial charge in [0.1, 0.15) is 6.61 Å². The SMILES string of the molecule is CC(=O)O[C@@H](C)C(=O)O[C@@H](C)C(=O)O[C@@H](C)C(=O)O[C@@H](C)C(=O)O[C@H](COc1nsnc1N1CCOCC1)CN(C(=O)[C@H](C)OC(=O)[C@H](C)OC(=O)[C@H](C)OC(=O)[C@H](C)OC(C)=O)C(C)(C)C. The van der Waals surface area contributed by atoms with Gasteiger partial charge in [0.2, 0.25) is 5.82 Å². The number of ether oxygens (including phenoxy) is 11. The van der Waals surface area contributed by atoms with Crippen molar-refractivity contribution in [3.63, 3.8) is 0 Å². The number of esters is 9. The van der Waals surface area contributed by atoms with Crippen LogP contribution in [-0.4, -0.2) is 173 Å². The third kappa shape index (κ3) is 18.9. The zero-order valence-corrected chi connectivity index (χ0v) is 40.5. The summed E-state index contributed by atoms with van der Waals surface area (Å²) >= 11 is 0.863. The highest BCUT2D eigenvalue weighted by Crippen LogP contribution is 2.27. The molecule has 67 heavy (non-hydrogen) atoms. The lowest BCUT2D eigenvalue weighted by atomic mass is 10.0. The molecule has 2 heterocycles. The van der Waals surface area contributed by atoms with E-state index in [-0.39, 0.29) is 5.88 Å². The first kappa shape index (κ1) is 56.9. The number of morpholine rings is 1. The van der Waals surface area contributed by atoms with Crippen LogP contribution in [0.1, 0.15) is 90.0 Å². The number of rotatable bonds is 23. The van der Waals surface area contributed by atoms with E-state index in [0.717, 1.165) is 46.3 Å². The summed E-state index contributed by atoms with van der Waals surface area (Å²) in [5.74, 6) is -9.66. The Kier molecular flexibility index (Phi) is 22.3. The Morgan fingerprint density at radius 3 is 1.25 bits per heavy atom. The lowest BCUT2D eigenvalue weighted by Crippen LogP contribution is -2.54. The maximum Gasteiger partial charge on any atom is 0.347 e. The Morgan fingerprint density at radius 2 is 0.896 bits per heavy atom. The summed E-state index contributed by atoms with van der Waals surface area (Å²) < 4.78 is 65.8. The lowest BCUT2D eigenvalue weighted by Gasteiger charge is -2.39. The average molecular weight is 977 g/mol. The number of hydrogen-bond acceptors (Lipinski definition) is 25. The summed E-state index contributed by atoms with van der Waals surface area (Å²) in [6, 6.07) is 0. The largest absolute Gasteiger partial charge is 0.470 e. The van der Waals surface area contributed by atoms with E-state index in [0.29, 0.717) is 32.1 Å². The van der Waals surface area contributed by atoms with Gasteiger partial charge in [-0.05, 0) is 76.2 Å². The van der Waals surface area contributed by atoms with Crippen LogP contribution < -0.4 is 9.64 Å². The number of anilines is 1. The van der Waals surface area contributed by atoms with Crippen LogP contribution in [0.15, 0.2) is 0 Å². The van der Waals surface area contributed by atoms with Crippen molar-refractivity contribution in [1.29, 1.82) is 0 Å². The zero-order valence-electron chi connectivity index (χ0n) is 39.7. The van der Waals surface area contributed by atoms with Gasteiger partial charge in [-0.3, -0.25) is 14.4 Å². The fourth-order valence-electron chi connectivity index (χ4n) is 5.41. The maximum atomic E-state index is 14.0. The minimum absolute atomic E-state index is 0.0891. The molecule has 0 aliphatic carbocycles. The Balaban J connectivity index is 2.22. The van der Waals surface area contributed by atoms with E-state index < -0.39 is 133 Å². The van der Waals surface area contributed by atoms with Gasteiger partial charge < -0.3 is 61.9 Å². The minimum atomic E-state index is -1.63. The van der Waals surface area contributed by atoms with Crippen LogP contribution in [0, 0.1) is 0 Å². The molecule has 0 radical (unpaired) electrons. The predicted octanol–water partition coefficient (Wildman–Crippen LogP) is 0.786. The van der Waals surface area contributed by atoms with Gasteiger partial charge in [-0.1, -0.05) is 0 Å². The molecule has 1 aromatic heterocycles. The van der Waals surface area contributed by atoms with E-state index in [1.165, 1.54) is 39.5 Å². The van der Waals surface area contributed by atoms with Crippen LogP contribution in [0.2, 0.25) is 0 Å². The molecule has 1 fully saturated rings. The maximum absolute atomic E-state index is 14.0. The van der Waals surface area contributed by atoms with Gasteiger partial charge in [0.25, 0.3) is 11.8 Å². The smallest absolute Gasteiger partial charge is 0.347 e. The summed E-state index contributed by atoms with van der Waals surface area (Å²) in [4.78, 5) is 128. The summed E-state index contributed by atoms with van der Waals surface area (Å²) in [5.41, 5.74) is -1.05. The van der Waals surface area contributed by atoms with Crippen LogP contribution in [-0.2, 0) is 95.3 Å². The van der Waals surface area contributed by atoms with Crippen LogP contribution >= 0.6 is 11.7 Å². The molecule has 1 aliphatic heterocycles. The van der Waals surface area contributed by atoms with Crippen LogP contribution in [0.25, 0.3) is 0 Å². The Morgan fingerprint density at radius 1 is 0.552 bits per heavy atom. The highest BCUT2D eigenvalue weighted by molar-refractivity contribution is 6.99. The van der Waals surface area contributed by atoms with Crippen molar-refractivity contribution in [3.8, 4) is 5.88 Å². The normalized spacial score (nSPS) is 16.6. The van der Waals surface area contributed by atoms with Gasteiger partial charge in [-0.25, -0.2) is 33.6 Å². The second kappa shape index (κ2) is 26.2. The van der Waals surface area contributed by atoms with Crippen LogP contribution in [0.5, 0.6) is 5.88 Å². The van der Waals surface area contributed by atoms with Crippen molar-refractivity contribution < 1.29 is 100 Å². The Labute approximate surface area is 390 Å². The lowest BCUT2D eigenvalue weighted by molar-refractivity contribution is -0.186. The standard InChI is InChI=1S/C41H60N4O21S/c1-20(60-36(51)23(4)63-37(52)24(5)61-34(49)21(2)58-28(9)46)33(48)45(41(11,12)13)18-30(19-57-32-31(42-67-43-32)44-14-16-56-17-15-44)66-40(55)27(8)65-39(54)26(7)64-38(53)25(6)62-35(50)22(3)59-29(10)47/h20-27,30H,14-19H2,1-13H3/t20-,21-,22-,23-,24-,25-,26-,27-,30-/m0/s1. The fourth-order valence-corrected chi connectivity index (χ4v) is 5.93. The number of nitrogens with zero attached hydrogens (tertiary/aromatic N) is 4. The monoisotopic (exact) mass is 976 g/mol. The van der Waals surface area contributed by atoms with E-state index in [9.17, 15) is 47.9 Å². The molecule has 2 rings (SSSR count). The molecule has 1 saturated heterocycles. The van der Waals surface area contributed by atoms with Crippen molar-refractivity contribution in [2.24, 2.45) is 0 Å². The molecule has 26 heteroatoms. The average Bonchev–Trinajstić information content (AvgIpc) is 3.72. The molecule has 376 valence electrons. The second-order valence-electron chi connectivity index (χ2n) is 16.0. The molecule has 1 amide bonds. The van der Waals surface area contributed by atoms with Crippen molar-refractivity contribution in [2.45, 2.75) is 150 Å². The number of hydrogen-bond donors (Lipinski definition) is 0. The van der Waals surface area contributed by atoms with Gasteiger partial charge in [-0.15, -0.1) is 4.37 Å². The van der Waals surface area contributed by atoms with Crippen molar-refractivity contribution in [3.05, 3.63) is 0 Å². The van der Waals surface area contributed by atoms with E-state index in [2.05, 4.69) is 8.75 Å². The van der Waals surface area contributed by atoms with Crippen LogP contribution in [0.4, 0.5) is 5.82 Å². The van der Waals surface area contributed by atoms with Crippen molar-refractivity contribution >= 4 is 77.2 Å². The molecule has 0 spiro atoms. The molecular formula is C41H60N4O21S. The molecule has 1 aliphatic rings. The molecule has 9 atom stereocenters. The van der Waals surface area contributed by atoms with E-state index in [4.69, 9.17) is 52.1 Å². The molecule has 0 aromatic carbocycles. The van der Waals surface area contributed by atoms with Crippen molar-refractivity contribution in [2.75, 3.05) is 44.4 Å². The van der Waals surface area contributed by atoms with Crippen LogP contribution in [0.3, 0.4) is 0 Å². The van der Waals surface area contributed by atoms with Gasteiger partial charge >= 0.3 is 53.7 Å². The quantitative estimate of drug-likeness (QED) is 0.108. The highest BCUT2D eigenvalue weighted by atomic mass is 32.1. The van der Waals surface area contributed by atoms with E-state index in [1.54, 1.807) is 20.8 Å².